The second kappa shape index (κ2) is 7.80. The number of amides is 1. The Balaban J connectivity index is 2.05. The van der Waals surface area contributed by atoms with Crippen molar-refractivity contribution in [1.82, 2.24) is 9.88 Å². The first-order valence-electron chi connectivity index (χ1n) is 8.17. The second-order valence-corrected chi connectivity index (χ2v) is 6.46. The number of hydrogen-bond donors (Lipinski definition) is 3. The molecule has 0 aliphatic heterocycles. The molecule has 3 aromatic rings. The molecule has 10 heteroatoms. The first kappa shape index (κ1) is 20.2. The molecule has 0 bridgehead atoms. The molecule has 2 aromatic carbocycles. The van der Waals surface area contributed by atoms with Gasteiger partial charge in [0.2, 0.25) is 0 Å². The molecule has 1 amide bonds. The number of aliphatic carboxylic acids is 1. The van der Waals surface area contributed by atoms with Gasteiger partial charge in [0.15, 0.2) is 11.6 Å². The minimum absolute atomic E-state index is 0.0901. The van der Waals surface area contributed by atoms with E-state index in [9.17, 15) is 23.9 Å². The van der Waals surface area contributed by atoms with Crippen molar-refractivity contribution >= 4 is 34.4 Å². The van der Waals surface area contributed by atoms with Crippen molar-refractivity contribution in [3.63, 3.8) is 0 Å². The number of nitrogens with zero attached hydrogens (tertiary/aromatic N) is 1. The predicted molar refractivity (Wildman–Crippen MR) is 102 cm³/mol. The van der Waals surface area contributed by atoms with Crippen LogP contribution < -0.4 is 15.6 Å². The molecule has 0 fully saturated rings. The SMILES string of the molecule is Cn1c(=O)c(C(=O)NCC(=O)O)c(O)c2ccc(Oc3ccc(Cl)cc3F)cc21. The number of hydrogen-bond acceptors (Lipinski definition) is 5. The lowest BCUT2D eigenvalue weighted by molar-refractivity contribution is -0.135. The summed E-state index contributed by atoms with van der Waals surface area (Å²) in [5.74, 6) is -3.51. The van der Waals surface area contributed by atoms with Gasteiger partial charge >= 0.3 is 5.97 Å². The topological polar surface area (TPSA) is 118 Å². The van der Waals surface area contributed by atoms with Crippen LogP contribution in [-0.2, 0) is 11.8 Å². The minimum Gasteiger partial charge on any atom is -0.506 e. The van der Waals surface area contributed by atoms with Gasteiger partial charge in [0.25, 0.3) is 11.5 Å². The fourth-order valence-corrected chi connectivity index (χ4v) is 2.86. The molecule has 1 heterocycles. The summed E-state index contributed by atoms with van der Waals surface area (Å²) in [6.45, 7) is -0.709. The Bertz CT molecular complexity index is 1210. The summed E-state index contributed by atoms with van der Waals surface area (Å²) in [4.78, 5) is 35.3. The van der Waals surface area contributed by atoms with Crippen LogP contribution in [0.2, 0.25) is 5.02 Å². The predicted octanol–water partition coefficient (Wildman–Crippen LogP) is 2.64. The van der Waals surface area contributed by atoms with E-state index in [0.717, 1.165) is 10.6 Å². The van der Waals surface area contributed by atoms with Crippen LogP contribution >= 0.6 is 11.6 Å². The van der Waals surface area contributed by atoms with Crippen molar-refractivity contribution < 1.29 is 28.9 Å². The quantitative estimate of drug-likeness (QED) is 0.584. The zero-order valence-corrected chi connectivity index (χ0v) is 15.7. The summed E-state index contributed by atoms with van der Waals surface area (Å²) >= 11 is 5.71. The second-order valence-electron chi connectivity index (χ2n) is 6.02. The third-order valence-corrected chi connectivity index (χ3v) is 4.33. The highest BCUT2D eigenvalue weighted by Crippen LogP contribution is 2.32. The molecule has 29 heavy (non-hydrogen) atoms. The highest BCUT2D eigenvalue weighted by Gasteiger charge is 2.22. The van der Waals surface area contributed by atoms with E-state index in [1.165, 1.54) is 37.4 Å². The number of aryl methyl sites for hydroxylation is 1. The zero-order chi connectivity index (χ0) is 21.3. The van der Waals surface area contributed by atoms with Gasteiger partial charge < -0.3 is 24.8 Å². The molecule has 0 saturated carbocycles. The molecule has 3 rings (SSSR count). The standard InChI is InChI=1S/C19H14ClFN2O6/c1-23-13-7-10(29-14-5-2-9(20)6-12(14)21)3-4-11(13)17(26)16(19(23)28)18(27)22-8-15(24)25/h2-7,26H,8H2,1H3,(H,22,27)(H,24,25). The van der Waals surface area contributed by atoms with E-state index >= 15 is 0 Å². The maximum Gasteiger partial charge on any atom is 0.322 e. The van der Waals surface area contributed by atoms with E-state index in [2.05, 4.69) is 0 Å². The fraction of sp³-hybridized carbons (Fsp3) is 0.105. The maximum atomic E-state index is 13.9. The van der Waals surface area contributed by atoms with Gasteiger partial charge in [-0.2, -0.15) is 0 Å². The average molecular weight is 421 g/mol. The minimum atomic E-state index is -1.30. The summed E-state index contributed by atoms with van der Waals surface area (Å²) in [5.41, 5.74) is -1.21. The Hall–Kier alpha value is -3.59. The van der Waals surface area contributed by atoms with Crippen molar-refractivity contribution in [3.8, 4) is 17.2 Å². The Morgan fingerprint density at radius 1 is 1.24 bits per heavy atom. The van der Waals surface area contributed by atoms with Gasteiger partial charge in [0.05, 0.1) is 5.52 Å². The molecule has 1 aromatic heterocycles. The summed E-state index contributed by atoms with van der Waals surface area (Å²) in [5, 5.41) is 21.5. The molecule has 150 valence electrons. The van der Waals surface area contributed by atoms with Crippen molar-refractivity contribution in [2.75, 3.05) is 6.54 Å². The molecule has 0 spiro atoms. The number of carboxylic acids is 1. The fourth-order valence-electron chi connectivity index (χ4n) is 2.70. The van der Waals surface area contributed by atoms with Crippen molar-refractivity contribution in [1.29, 1.82) is 0 Å². The highest BCUT2D eigenvalue weighted by molar-refractivity contribution is 6.30. The van der Waals surface area contributed by atoms with Gasteiger partial charge in [0, 0.05) is 23.5 Å². The van der Waals surface area contributed by atoms with Crippen molar-refractivity contribution in [2.24, 2.45) is 7.05 Å². The smallest absolute Gasteiger partial charge is 0.322 e. The summed E-state index contributed by atoms with van der Waals surface area (Å²) in [6, 6.07) is 8.07. The third kappa shape index (κ3) is 3.99. The normalized spacial score (nSPS) is 10.7. The maximum absolute atomic E-state index is 13.9. The Morgan fingerprint density at radius 2 is 1.97 bits per heavy atom. The van der Waals surface area contributed by atoms with E-state index in [0.29, 0.717) is 0 Å². The number of pyridine rings is 1. The monoisotopic (exact) mass is 420 g/mol. The first-order valence-corrected chi connectivity index (χ1v) is 8.55. The molecule has 0 aliphatic carbocycles. The number of carboxylic acid groups (broad SMARTS) is 1. The summed E-state index contributed by atoms with van der Waals surface area (Å²) < 4.78 is 20.5. The molecule has 0 atom stereocenters. The van der Waals surface area contributed by atoms with Crippen LogP contribution in [0.5, 0.6) is 17.2 Å². The van der Waals surface area contributed by atoms with Crippen LogP contribution in [0.15, 0.2) is 41.2 Å². The third-order valence-electron chi connectivity index (χ3n) is 4.09. The lowest BCUT2D eigenvalue weighted by atomic mass is 10.1. The lowest BCUT2D eigenvalue weighted by Gasteiger charge is -2.13. The number of halogens is 2. The average Bonchev–Trinajstić information content (AvgIpc) is 2.67. The summed E-state index contributed by atoms with van der Waals surface area (Å²) in [7, 11) is 1.37. The van der Waals surface area contributed by atoms with Crippen molar-refractivity contribution in [3.05, 3.63) is 63.2 Å². The number of aromatic hydroxyl groups is 1. The molecule has 0 radical (unpaired) electrons. The number of aromatic nitrogens is 1. The Kier molecular flexibility index (Phi) is 5.42. The number of carbonyl (C=O) groups excluding carboxylic acids is 1. The van der Waals surface area contributed by atoms with E-state index < -0.39 is 41.1 Å². The van der Waals surface area contributed by atoms with E-state index in [4.69, 9.17) is 21.4 Å². The van der Waals surface area contributed by atoms with Gasteiger partial charge in [-0.1, -0.05) is 11.6 Å². The Morgan fingerprint density at radius 3 is 2.62 bits per heavy atom. The molecule has 3 N–H and O–H groups in total. The van der Waals surface area contributed by atoms with Crippen LogP contribution in [0.25, 0.3) is 10.9 Å². The first-order chi connectivity index (χ1) is 13.7. The molecule has 0 saturated heterocycles. The van der Waals surface area contributed by atoms with Crippen LogP contribution in [0.1, 0.15) is 10.4 Å². The number of nitrogens with one attached hydrogen (secondary N) is 1. The van der Waals surface area contributed by atoms with Gasteiger partial charge in [-0.3, -0.25) is 14.4 Å². The molecule has 8 nitrogen and oxygen atoms in total. The van der Waals surface area contributed by atoms with Crippen LogP contribution in [0, 0.1) is 5.82 Å². The number of benzene rings is 2. The Labute approximate surface area is 167 Å². The van der Waals surface area contributed by atoms with Gasteiger partial charge in [-0.25, -0.2) is 4.39 Å². The van der Waals surface area contributed by atoms with Gasteiger partial charge in [-0.05, 0) is 30.3 Å². The van der Waals surface area contributed by atoms with E-state index in [1.54, 1.807) is 0 Å². The van der Waals surface area contributed by atoms with Crippen LogP contribution in [0.3, 0.4) is 0 Å². The number of carbonyl (C=O) groups is 2. The molecular weight excluding hydrogens is 407 g/mol. The van der Waals surface area contributed by atoms with E-state index in [1.807, 2.05) is 5.32 Å². The molecular formula is C19H14ClFN2O6. The number of rotatable bonds is 5. The summed E-state index contributed by atoms with van der Waals surface area (Å²) in [6.07, 6.45) is 0. The molecule has 0 unspecified atom stereocenters. The van der Waals surface area contributed by atoms with Crippen molar-refractivity contribution in [2.45, 2.75) is 0 Å². The number of fused-ring (bicyclic) bond motifs is 1. The largest absolute Gasteiger partial charge is 0.506 e. The zero-order valence-electron chi connectivity index (χ0n) is 14.9. The lowest BCUT2D eigenvalue weighted by Crippen LogP contribution is -2.35. The van der Waals surface area contributed by atoms with Crippen LogP contribution in [-0.4, -0.2) is 33.2 Å². The van der Waals surface area contributed by atoms with Gasteiger partial charge in [0.1, 0.15) is 23.6 Å². The number of ether oxygens (including phenoxy) is 1. The van der Waals surface area contributed by atoms with Gasteiger partial charge in [-0.15, -0.1) is 0 Å². The van der Waals surface area contributed by atoms with Crippen LogP contribution in [0.4, 0.5) is 4.39 Å². The van der Waals surface area contributed by atoms with E-state index in [-0.39, 0.29) is 27.4 Å². The molecule has 0 aliphatic rings. The highest BCUT2D eigenvalue weighted by atomic mass is 35.5.